The molecule has 1 heterocycles. The van der Waals surface area contributed by atoms with Crippen LogP contribution in [-0.2, 0) is 18.0 Å². The van der Waals surface area contributed by atoms with E-state index in [2.05, 4.69) is 15.9 Å². The molecule has 1 aliphatic rings. The molecule has 110 valence electrons. The van der Waals surface area contributed by atoms with Crippen molar-refractivity contribution < 1.29 is 14.2 Å². The lowest BCUT2D eigenvalue weighted by Crippen LogP contribution is -2.14. The molecule has 1 aliphatic heterocycles. The van der Waals surface area contributed by atoms with E-state index in [9.17, 15) is 0 Å². The van der Waals surface area contributed by atoms with E-state index in [1.54, 1.807) is 0 Å². The standard InChI is InChI=1S/C16H14BrClO3/c1-10-2-3-15(14(17)4-10)20-8-12-6-13(18)5-11-7-19-9-21-16(11)12/h2-6H,7-9H2,1H3. The maximum Gasteiger partial charge on any atom is 0.189 e. The van der Waals surface area contributed by atoms with Gasteiger partial charge in [-0.15, -0.1) is 0 Å². The third-order valence-electron chi connectivity index (χ3n) is 3.22. The van der Waals surface area contributed by atoms with E-state index < -0.39 is 0 Å². The normalized spacial score (nSPS) is 13.5. The van der Waals surface area contributed by atoms with Crippen LogP contribution in [-0.4, -0.2) is 6.79 Å². The number of fused-ring (bicyclic) bond motifs is 1. The zero-order chi connectivity index (χ0) is 14.8. The minimum absolute atomic E-state index is 0.260. The van der Waals surface area contributed by atoms with Crippen LogP contribution in [0.25, 0.3) is 0 Å². The fourth-order valence-electron chi connectivity index (χ4n) is 2.24. The number of halogens is 2. The third kappa shape index (κ3) is 3.34. The highest BCUT2D eigenvalue weighted by Crippen LogP contribution is 2.33. The summed E-state index contributed by atoms with van der Waals surface area (Å²) in [7, 11) is 0. The first-order valence-electron chi connectivity index (χ1n) is 6.54. The molecule has 2 aromatic rings. The lowest BCUT2D eigenvalue weighted by Gasteiger charge is -2.21. The van der Waals surface area contributed by atoms with Crippen molar-refractivity contribution in [2.24, 2.45) is 0 Å². The molecule has 0 atom stereocenters. The minimum Gasteiger partial charge on any atom is -0.488 e. The number of hydrogen-bond acceptors (Lipinski definition) is 3. The van der Waals surface area contributed by atoms with Gasteiger partial charge in [0.1, 0.15) is 18.1 Å². The summed E-state index contributed by atoms with van der Waals surface area (Å²) >= 11 is 9.65. The molecule has 0 aromatic heterocycles. The van der Waals surface area contributed by atoms with E-state index in [-0.39, 0.29) is 6.79 Å². The molecule has 0 fully saturated rings. The van der Waals surface area contributed by atoms with Crippen molar-refractivity contribution in [1.82, 2.24) is 0 Å². The fraction of sp³-hybridized carbons (Fsp3) is 0.250. The van der Waals surface area contributed by atoms with Crippen LogP contribution in [0, 0.1) is 6.92 Å². The summed E-state index contributed by atoms with van der Waals surface area (Å²) in [5.41, 5.74) is 3.05. The molecule has 2 aromatic carbocycles. The first kappa shape index (κ1) is 14.7. The van der Waals surface area contributed by atoms with Gasteiger partial charge in [0.25, 0.3) is 0 Å². The summed E-state index contributed by atoms with van der Waals surface area (Å²) in [5.74, 6) is 1.61. The average Bonchev–Trinajstić information content (AvgIpc) is 2.46. The van der Waals surface area contributed by atoms with E-state index >= 15 is 0 Å². The Morgan fingerprint density at radius 2 is 2.14 bits per heavy atom. The second kappa shape index (κ2) is 6.26. The van der Waals surface area contributed by atoms with Gasteiger partial charge in [-0.05, 0) is 52.7 Å². The summed E-state index contributed by atoms with van der Waals surface area (Å²) in [4.78, 5) is 0. The average molecular weight is 370 g/mol. The summed E-state index contributed by atoms with van der Waals surface area (Å²) in [6.07, 6.45) is 0. The fourth-order valence-corrected chi connectivity index (χ4v) is 3.11. The molecular weight excluding hydrogens is 356 g/mol. The molecule has 3 nitrogen and oxygen atoms in total. The number of aryl methyl sites for hydroxylation is 1. The Kier molecular flexibility index (Phi) is 4.38. The van der Waals surface area contributed by atoms with Crippen LogP contribution in [0.15, 0.2) is 34.8 Å². The molecule has 0 saturated heterocycles. The van der Waals surface area contributed by atoms with Crippen LogP contribution < -0.4 is 9.47 Å². The van der Waals surface area contributed by atoms with Crippen molar-refractivity contribution in [3.05, 3.63) is 56.5 Å². The van der Waals surface area contributed by atoms with Gasteiger partial charge in [-0.3, -0.25) is 0 Å². The predicted molar refractivity (Wildman–Crippen MR) is 84.9 cm³/mol. The molecule has 21 heavy (non-hydrogen) atoms. The van der Waals surface area contributed by atoms with Crippen LogP contribution in [0.2, 0.25) is 5.02 Å². The van der Waals surface area contributed by atoms with E-state index in [1.165, 1.54) is 5.56 Å². The molecule has 0 radical (unpaired) electrons. The van der Waals surface area contributed by atoms with E-state index in [0.29, 0.717) is 18.2 Å². The Labute approximate surface area is 136 Å². The highest BCUT2D eigenvalue weighted by molar-refractivity contribution is 9.10. The quantitative estimate of drug-likeness (QED) is 0.773. The Morgan fingerprint density at radius 3 is 2.95 bits per heavy atom. The molecule has 3 rings (SSSR count). The zero-order valence-electron chi connectivity index (χ0n) is 11.5. The highest BCUT2D eigenvalue weighted by Gasteiger charge is 2.17. The lowest BCUT2D eigenvalue weighted by molar-refractivity contribution is -0.0175. The van der Waals surface area contributed by atoms with Gasteiger partial charge in [0, 0.05) is 16.1 Å². The van der Waals surface area contributed by atoms with Crippen molar-refractivity contribution >= 4 is 27.5 Å². The first-order valence-corrected chi connectivity index (χ1v) is 7.71. The topological polar surface area (TPSA) is 27.7 Å². The molecule has 0 unspecified atom stereocenters. The third-order valence-corrected chi connectivity index (χ3v) is 4.06. The molecule has 0 N–H and O–H groups in total. The van der Waals surface area contributed by atoms with E-state index in [4.69, 9.17) is 25.8 Å². The van der Waals surface area contributed by atoms with Crippen molar-refractivity contribution in [3.8, 4) is 11.5 Å². The Morgan fingerprint density at radius 1 is 1.29 bits per heavy atom. The van der Waals surface area contributed by atoms with Crippen molar-refractivity contribution in [1.29, 1.82) is 0 Å². The largest absolute Gasteiger partial charge is 0.488 e. The summed E-state index contributed by atoms with van der Waals surface area (Å²) < 4.78 is 17.7. The summed E-state index contributed by atoms with van der Waals surface area (Å²) in [6, 6.07) is 9.71. The van der Waals surface area contributed by atoms with Gasteiger partial charge in [-0.1, -0.05) is 17.7 Å². The highest BCUT2D eigenvalue weighted by atomic mass is 79.9. The number of rotatable bonds is 3. The molecule has 0 aliphatic carbocycles. The summed E-state index contributed by atoms with van der Waals surface area (Å²) in [5, 5.41) is 0.657. The number of benzene rings is 2. The predicted octanol–water partition coefficient (Wildman–Crippen LogP) is 4.86. The minimum atomic E-state index is 0.260. The number of ether oxygens (including phenoxy) is 3. The molecule has 0 spiro atoms. The second-order valence-corrected chi connectivity index (χ2v) is 6.18. The van der Waals surface area contributed by atoms with Crippen LogP contribution in [0.3, 0.4) is 0 Å². The smallest absolute Gasteiger partial charge is 0.189 e. The van der Waals surface area contributed by atoms with Crippen molar-refractivity contribution in [3.63, 3.8) is 0 Å². The molecular formula is C16H14BrClO3. The van der Waals surface area contributed by atoms with Crippen molar-refractivity contribution in [2.45, 2.75) is 20.1 Å². The Bertz CT molecular complexity index is 673. The lowest BCUT2D eigenvalue weighted by atomic mass is 10.1. The zero-order valence-corrected chi connectivity index (χ0v) is 13.8. The van der Waals surface area contributed by atoms with E-state index in [1.807, 2.05) is 37.3 Å². The SMILES string of the molecule is Cc1ccc(OCc2cc(Cl)cc3c2OCOC3)c(Br)c1. The monoisotopic (exact) mass is 368 g/mol. The Balaban J connectivity index is 1.83. The van der Waals surface area contributed by atoms with Crippen LogP contribution in [0.4, 0.5) is 0 Å². The van der Waals surface area contributed by atoms with Crippen LogP contribution in [0.1, 0.15) is 16.7 Å². The number of hydrogen-bond donors (Lipinski definition) is 0. The van der Waals surface area contributed by atoms with Gasteiger partial charge in [0.2, 0.25) is 0 Å². The second-order valence-electron chi connectivity index (χ2n) is 4.89. The maximum atomic E-state index is 6.14. The van der Waals surface area contributed by atoms with Gasteiger partial charge < -0.3 is 14.2 Å². The van der Waals surface area contributed by atoms with Gasteiger partial charge in [0.05, 0.1) is 11.1 Å². The van der Waals surface area contributed by atoms with Gasteiger partial charge >= 0.3 is 0 Å². The molecule has 0 bridgehead atoms. The maximum absolute atomic E-state index is 6.14. The first-order chi connectivity index (χ1) is 10.1. The van der Waals surface area contributed by atoms with Gasteiger partial charge in [0.15, 0.2) is 6.79 Å². The summed E-state index contributed by atoms with van der Waals surface area (Å²) in [6.45, 7) is 3.20. The molecule has 0 amide bonds. The van der Waals surface area contributed by atoms with E-state index in [0.717, 1.165) is 27.1 Å². The van der Waals surface area contributed by atoms with Gasteiger partial charge in [-0.25, -0.2) is 0 Å². The molecule has 5 heteroatoms. The van der Waals surface area contributed by atoms with Crippen LogP contribution in [0.5, 0.6) is 11.5 Å². The van der Waals surface area contributed by atoms with Crippen molar-refractivity contribution in [2.75, 3.05) is 6.79 Å². The van der Waals surface area contributed by atoms with Crippen LogP contribution >= 0.6 is 27.5 Å². The molecule has 0 saturated carbocycles. The Hall–Kier alpha value is -1.23. The van der Waals surface area contributed by atoms with Gasteiger partial charge in [-0.2, -0.15) is 0 Å².